The number of hydrogen-bond donors (Lipinski definition) is 3. The summed E-state index contributed by atoms with van der Waals surface area (Å²) in [4.78, 5) is 17.3. The van der Waals surface area contributed by atoms with Crippen LogP contribution in [0.3, 0.4) is 0 Å². The van der Waals surface area contributed by atoms with Crippen LogP contribution >= 0.6 is 0 Å². The van der Waals surface area contributed by atoms with Gasteiger partial charge >= 0.3 is 6.09 Å². The molecule has 1 saturated heterocycles. The molecule has 138 valence electrons. The van der Waals surface area contributed by atoms with Gasteiger partial charge in [0.2, 0.25) is 0 Å². The number of benzene rings is 1. The Morgan fingerprint density at radius 1 is 1.27 bits per heavy atom. The Bertz CT molecular complexity index is 783. The molecule has 26 heavy (non-hydrogen) atoms. The first-order chi connectivity index (χ1) is 12.3. The number of likely N-dealkylation sites (tertiary alicyclic amines) is 1. The number of anilines is 2. The van der Waals surface area contributed by atoms with Crippen molar-refractivity contribution in [2.75, 3.05) is 17.6 Å². The van der Waals surface area contributed by atoms with Crippen molar-refractivity contribution < 1.29 is 9.90 Å². The number of nitrogens with one attached hydrogen (secondary N) is 1. The Balaban J connectivity index is 1.83. The van der Waals surface area contributed by atoms with Crippen molar-refractivity contribution in [2.24, 2.45) is 5.41 Å². The van der Waals surface area contributed by atoms with E-state index in [0.717, 1.165) is 23.2 Å². The van der Waals surface area contributed by atoms with Crippen LogP contribution in [0.15, 0.2) is 42.6 Å². The summed E-state index contributed by atoms with van der Waals surface area (Å²) < 4.78 is 0. The van der Waals surface area contributed by atoms with Gasteiger partial charge in [-0.3, -0.25) is 0 Å². The van der Waals surface area contributed by atoms with Crippen molar-refractivity contribution in [3.05, 3.63) is 42.6 Å². The second-order valence-corrected chi connectivity index (χ2v) is 7.88. The summed E-state index contributed by atoms with van der Waals surface area (Å²) in [5.41, 5.74) is 8.53. The molecule has 1 aliphatic rings. The monoisotopic (exact) mass is 354 g/mol. The van der Waals surface area contributed by atoms with Crippen molar-refractivity contribution >= 4 is 17.6 Å². The fourth-order valence-corrected chi connectivity index (χ4v) is 3.81. The maximum absolute atomic E-state index is 11.6. The highest BCUT2D eigenvalue weighted by atomic mass is 16.4. The summed E-state index contributed by atoms with van der Waals surface area (Å²) >= 11 is 0. The zero-order valence-corrected chi connectivity index (χ0v) is 15.4. The Morgan fingerprint density at radius 2 is 2.04 bits per heavy atom. The van der Waals surface area contributed by atoms with Crippen LogP contribution in [0.5, 0.6) is 0 Å². The molecule has 1 fully saturated rings. The molecular weight excluding hydrogens is 328 g/mol. The van der Waals surface area contributed by atoms with Gasteiger partial charge in [-0.15, -0.1) is 0 Å². The molecule has 1 aromatic carbocycles. The van der Waals surface area contributed by atoms with E-state index in [1.54, 1.807) is 17.2 Å². The molecule has 2 aromatic rings. The number of nitrogens with two attached hydrogens (primary N) is 1. The van der Waals surface area contributed by atoms with Gasteiger partial charge in [-0.1, -0.05) is 32.9 Å². The molecule has 1 aromatic heterocycles. The van der Waals surface area contributed by atoms with E-state index in [1.807, 2.05) is 24.3 Å². The second kappa shape index (κ2) is 6.86. The van der Waals surface area contributed by atoms with E-state index in [1.165, 1.54) is 0 Å². The maximum atomic E-state index is 11.6. The third kappa shape index (κ3) is 3.74. The Hall–Kier alpha value is -2.76. The van der Waals surface area contributed by atoms with E-state index in [2.05, 4.69) is 37.1 Å². The topological polar surface area (TPSA) is 91.5 Å². The standard InChI is InChI=1S/C20H26N4O2/c1-20(2,3)18-16(9-10-24(18)19(25)26)23-15-6-4-5-13(11-15)14-7-8-17(21)22-12-14/h4-8,11-12,16,18,23H,9-10H2,1-3H3,(H2,21,22)(H,25,26). The van der Waals surface area contributed by atoms with Gasteiger partial charge in [0.1, 0.15) is 5.82 Å². The molecule has 0 bridgehead atoms. The van der Waals surface area contributed by atoms with Gasteiger partial charge in [0, 0.05) is 30.0 Å². The highest BCUT2D eigenvalue weighted by molar-refractivity contribution is 5.69. The zero-order chi connectivity index (χ0) is 18.9. The largest absolute Gasteiger partial charge is 0.465 e. The van der Waals surface area contributed by atoms with Crippen LogP contribution in [0.1, 0.15) is 27.2 Å². The number of amides is 1. The minimum absolute atomic E-state index is 0.0749. The van der Waals surface area contributed by atoms with Crippen LogP contribution in [-0.2, 0) is 0 Å². The molecular formula is C20H26N4O2. The molecule has 0 saturated carbocycles. The lowest BCUT2D eigenvalue weighted by atomic mass is 9.82. The first-order valence-electron chi connectivity index (χ1n) is 8.84. The lowest BCUT2D eigenvalue weighted by Gasteiger charge is -2.37. The van der Waals surface area contributed by atoms with Crippen LogP contribution < -0.4 is 11.1 Å². The molecule has 6 nitrogen and oxygen atoms in total. The smallest absolute Gasteiger partial charge is 0.407 e. The van der Waals surface area contributed by atoms with Gasteiger partial charge < -0.3 is 21.1 Å². The number of carboxylic acid groups (broad SMARTS) is 1. The SMILES string of the molecule is CC(C)(C)C1C(Nc2cccc(-c3ccc(N)nc3)c2)CCN1C(=O)O. The Labute approximate surface area is 154 Å². The van der Waals surface area contributed by atoms with Crippen LogP contribution in [0.25, 0.3) is 11.1 Å². The van der Waals surface area contributed by atoms with Gasteiger partial charge in [-0.25, -0.2) is 9.78 Å². The fourth-order valence-electron chi connectivity index (χ4n) is 3.81. The molecule has 0 spiro atoms. The van der Waals surface area contributed by atoms with Gasteiger partial charge in [0.25, 0.3) is 0 Å². The van der Waals surface area contributed by atoms with E-state index < -0.39 is 6.09 Å². The predicted octanol–water partition coefficient (Wildman–Crippen LogP) is 3.91. The predicted molar refractivity (Wildman–Crippen MR) is 104 cm³/mol. The van der Waals surface area contributed by atoms with E-state index in [9.17, 15) is 9.90 Å². The average Bonchev–Trinajstić information content (AvgIpc) is 3.00. The summed E-state index contributed by atoms with van der Waals surface area (Å²) in [7, 11) is 0. The molecule has 6 heteroatoms. The molecule has 4 N–H and O–H groups in total. The highest BCUT2D eigenvalue weighted by Gasteiger charge is 2.43. The molecule has 1 amide bonds. The second-order valence-electron chi connectivity index (χ2n) is 7.88. The minimum atomic E-state index is -0.851. The van der Waals surface area contributed by atoms with E-state index in [4.69, 9.17) is 5.73 Å². The van der Waals surface area contributed by atoms with Crippen molar-refractivity contribution in [1.29, 1.82) is 0 Å². The number of carbonyl (C=O) groups is 1. The Kier molecular flexibility index (Phi) is 4.76. The summed E-state index contributed by atoms with van der Waals surface area (Å²) in [6, 6.07) is 11.8. The van der Waals surface area contributed by atoms with Crippen molar-refractivity contribution in [2.45, 2.75) is 39.3 Å². The first-order valence-corrected chi connectivity index (χ1v) is 8.84. The van der Waals surface area contributed by atoms with E-state index in [-0.39, 0.29) is 17.5 Å². The summed E-state index contributed by atoms with van der Waals surface area (Å²) in [6.45, 7) is 6.81. The molecule has 1 aliphatic heterocycles. The van der Waals surface area contributed by atoms with Crippen LogP contribution in [0.4, 0.5) is 16.3 Å². The van der Waals surface area contributed by atoms with E-state index in [0.29, 0.717) is 12.4 Å². The summed E-state index contributed by atoms with van der Waals surface area (Å²) in [5.74, 6) is 0.496. The van der Waals surface area contributed by atoms with E-state index >= 15 is 0 Å². The van der Waals surface area contributed by atoms with Crippen LogP contribution in [-0.4, -0.2) is 39.7 Å². The molecule has 2 atom stereocenters. The molecule has 0 aliphatic carbocycles. The van der Waals surface area contributed by atoms with Gasteiger partial charge in [0.05, 0.1) is 6.04 Å². The molecule has 2 unspecified atom stereocenters. The normalized spacial score (nSPS) is 20.2. The lowest BCUT2D eigenvalue weighted by Crippen LogP contribution is -2.49. The summed E-state index contributed by atoms with van der Waals surface area (Å²) in [5, 5.41) is 13.1. The average molecular weight is 354 g/mol. The molecule has 2 heterocycles. The van der Waals surface area contributed by atoms with Crippen LogP contribution in [0.2, 0.25) is 0 Å². The zero-order valence-electron chi connectivity index (χ0n) is 15.4. The lowest BCUT2D eigenvalue weighted by molar-refractivity contribution is 0.103. The number of nitrogen functional groups attached to an aromatic ring is 1. The van der Waals surface area contributed by atoms with Gasteiger partial charge in [-0.05, 0) is 41.7 Å². The van der Waals surface area contributed by atoms with Crippen molar-refractivity contribution in [1.82, 2.24) is 9.88 Å². The third-order valence-corrected chi connectivity index (χ3v) is 4.87. The van der Waals surface area contributed by atoms with Gasteiger partial charge in [0.15, 0.2) is 0 Å². The Morgan fingerprint density at radius 3 is 2.65 bits per heavy atom. The molecule has 3 rings (SSSR count). The maximum Gasteiger partial charge on any atom is 0.407 e. The number of pyridine rings is 1. The van der Waals surface area contributed by atoms with Crippen molar-refractivity contribution in [3.8, 4) is 11.1 Å². The summed E-state index contributed by atoms with van der Waals surface area (Å²) in [6.07, 6.45) is 1.70. The van der Waals surface area contributed by atoms with Crippen LogP contribution in [0, 0.1) is 5.41 Å². The number of nitrogens with zero attached hydrogens (tertiary/aromatic N) is 2. The molecule has 0 radical (unpaired) electrons. The number of aromatic nitrogens is 1. The number of hydrogen-bond acceptors (Lipinski definition) is 4. The van der Waals surface area contributed by atoms with Crippen molar-refractivity contribution in [3.63, 3.8) is 0 Å². The minimum Gasteiger partial charge on any atom is -0.465 e. The van der Waals surface area contributed by atoms with Gasteiger partial charge in [-0.2, -0.15) is 0 Å². The third-order valence-electron chi connectivity index (χ3n) is 4.87. The quantitative estimate of drug-likeness (QED) is 0.777. The number of rotatable bonds is 3. The first kappa shape index (κ1) is 18.0. The highest BCUT2D eigenvalue weighted by Crippen LogP contribution is 2.35. The fraction of sp³-hybridized carbons (Fsp3) is 0.400.